The van der Waals surface area contributed by atoms with Crippen molar-refractivity contribution in [2.24, 2.45) is 5.10 Å². The quantitative estimate of drug-likeness (QED) is 0.736. The smallest absolute Gasteiger partial charge is 0.367 e. The van der Waals surface area contributed by atoms with Crippen molar-refractivity contribution in [2.45, 2.75) is 25.9 Å². The van der Waals surface area contributed by atoms with Crippen LogP contribution < -0.4 is 5.43 Å². The van der Waals surface area contributed by atoms with Gasteiger partial charge in [-0.15, -0.1) is 0 Å². The molecule has 1 aromatic carbocycles. The Labute approximate surface area is 163 Å². The minimum Gasteiger partial charge on any atom is -0.367 e. The van der Waals surface area contributed by atoms with Crippen LogP contribution in [0.1, 0.15) is 18.1 Å². The lowest BCUT2D eigenvalue weighted by atomic mass is 10.1. The Morgan fingerprint density at radius 2 is 2.07 bits per heavy atom. The number of aliphatic hydroxyl groups is 1. The van der Waals surface area contributed by atoms with Crippen LogP contribution in [0.5, 0.6) is 0 Å². The highest BCUT2D eigenvalue weighted by Crippen LogP contribution is 2.33. The summed E-state index contributed by atoms with van der Waals surface area (Å²) in [6, 6.07) is 2.39. The van der Waals surface area contributed by atoms with Crippen molar-refractivity contribution in [3.63, 3.8) is 0 Å². The third kappa shape index (κ3) is 4.07. The third-order valence-electron chi connectivity index (χ3n) is 4.55. The molecular weight excluding hydrogens is 404 g/mol. The number of nitrogens with zero attached hydrogens (tertiary/aromatic N) is 3. The number of benzene rings is 1. The molecule has 3 rings (SSSR count). The number of hydrazone groups is 1. The Balaban J connectivity index is 1.77. The second kappa shape index (κ2) is 7.59. The van der Waals surface area contributed by atoms with Crippen LogP contribution in [0.2, 0.25) is 0 Å². The van der Waals surface area contributed by atoms with Gasteiger partial charge in [0.1, 0.15) is 5.82 Å². The van der Waals surface area contributed by atoms with E-state index in [0.717, 1.165) is 12.1 Å². The molecule has 1 saturated heterocycles. The van der Waals surface area contributed by atoms with E-state index in [1.807, 2.05) is 0 Å². The van der Waals surface area contributed by atoms with Gasteiger partial charge >= 0.3 is 6.18 Å². The monoisotopic (exact) mass is 420 g/mol. The number of amides is 1. The van der Waals surface area contributed by atoms with Gasteiger partial charge in [-0.3, -0.25) is 10.2 Å². The lowest BCUT2D eigenvalue weighted by Crippen LogP contribution is -2.53. The summed E-state index contributed by atoms with van der Waals surface area (Å²) in [7, 11) is 0. The minimum absolute atomic E-state index is 0.115. The Hall–Kier alpha value is -2.33. The number of carbonyl (C=O) groups excluding carboxylic acids is 1. The molecule has 0 spiro atoms. The molecule has 2 heterocycles. The molecule has 0 saturated carbocycles. The summed E-state index contributed by atoms with van der Waals surface area (Å²) < 4.78 is 52.7. The van der Waals surface area contributed by atoms with E-state index in [1.54, 1.807) is 11.8 Å². The van der Waals surface area contributed by atoms with Crippen LogP contribution in [0.3, 0.4) is 0 Å². The standard InChI is InChI=1S/C17H17ClF4N4O2/c1-9-14(18)15(16(28)24-23-9)26-5-4-25(13(27)8-26)7-10-2-3-11(19)6-12(10)17(20,21)22/h2-3,6,16,24,28H,4-5,7-8H2,1H3. The number of nitrogens with one attached hydrogen (secondary N) is 1. The van der Waals surface area contributed by atoms with Crippen LogP contribution in [-0.2, 0) is 17.5 Å². The Bertz CT molecular complexity index is 856. The molecule has 0 aliphatic carbocycles. The second-order valence-corrected chi connectivity index (χ2v) is 6.84. The van der Waals surface area contributed by atoms with Crippen LogP contribution in [0.15, 0.2) is 34.0 Å². The van der Waals surface area contributed by atoms with Gasteiger partial charge in [-0.05, 0) is 24.6 Å². The maximum atomic E-state index is 13.3. The summed E-state index contributed by atoms with van der Waals surface area (Å²) in [4.78, 5) is 15.3. The predicted octanol–water partition coefficient (Wildman–Crippen LogP) is 2.24. The van der Waals surface area contributed by atoms with Gasteiger partial charge in [0.05, 0.1) is 28.5 Å². The first-order valence-corrected chi connectivity index (χ1v) is 8.72. The van der Waals surface area contributed by atoms with E-state index in [0.29, 0.717) is 17.5 Å². The lowest BCUT2D eigenvalue weighted by molar-refractivity contribution is -0.141. The van der Waals surface area contributed by atoms with E-state index >= 15 is 0 Å². The van der Waals surface area contributed by atoms with E-state index < -0.39 is 29.7 Å². The number of halogens is 5. The zero-order valence-corrected chi connectivity index (χ0v) is 15.5. The van der Waals surface area contributed by atoms with Gasteiger partial charge in [0.25, 0.3) is 0 Å². The van der Waals surface area contributed by atoms with Gasteiger partial charge in [-0.25, -0.2) is 4.39 Å². The van der Waals surface area contributed by atoms with Crippen molar-refractivity contribution in [2.75, 3.05) is 19.6 Å². The van der Waals surface area contributed by atoms with Crippen molar-refractivity contribution in [3.8, 4) is 0 Å². The second-order valence-electron chi connectivity index (χ2n) is 6.46. The van der Waals surface area contributed by atoms with E-state index in [2.05, 4.69) is 10.5 Å². The number of aliphatic hydroxyl groups excluding tert-OH is 1. The first-order chi connectivity index (χ1) is 13.1. The molecule has 1 fully saturated rings. The van der Waals surface area contributed by atoms with Crippen molar-refractivity contribution < 1.29 is 27.5 Å². The number of allylic oxidation sites excluding steroid dienone is 1. The van der Waals surface area contributed by atoms with Crippen LogP contribution in [0, 0.1) is 5.82 Å². The summed E-state index contributed by atoms with van der Waals surface area (Å²) in [6.07, 6.45) is -5.92. The van der Waals surface area contributed by atoms with Crippen molar-refractivity contribution >= 4 is 23.2 Å². The third-order valence-corrected chi connectivity index (χ3v) is 5.02. The number of rotatable bonds is 3. The highest BCUT2D eigenvalue weighted by molar-refractivity contribution is 6.43. The number of hydrogen-bond acceptors (Lipinski definition) is 5. The topological polar surface area (TPSA) is 68.2 Å². The average molecular weight is 421 g/mol. The average Bonchev–Trinajstić information content (AvgIpc) is 2.61. The Morgan fingerprint density at radius 3 is 2.71 bits per heavy atom. The van der Waals surface area contributed by atoms with Crippen molar-refractivity contribution in [3.05, 3.63) is 45.9 Å². The van der Waals surface area contributed by atoms with E-state index in [9.17, 15) is 27.5 Å². The van der Waals surface area contributed by atoms with E-state index in [-0.39, 0.29) is 36.8 Å². The number of piperazine rings is 1. The molecule has 1 aromatic rings. The van der Waals surface area contributed by atoms with Gasteiger partial charge in [0.15, 0.2) is 6.23 Å². The van der Waals surface area contributed by atoms with Crippen LogP contribution in [0.4, 0.5) is 17.6 Å². The molecule has 1 atom stereocenters. The van der Waals surface area contributed by atoms with Crippen LogP contribution in [0.25, 0.3) is 0 Å². The summed E-state index contributed by atoms with van der Waals surface area (Å²) in [5.74, 6) is -1.43. The molecule has 0 radical (unpaired) electrons. The summed E-state index contributed by atoms with van der Waals surface area (Å²) >= 11 is 6.18. The van der Waals surface area contributed by atoms with Gasteiger partial charge in [-0.1, -0.05) is 17.7 Å². The Kier molecular flexibility index (Phi) is 5.53. The number of hydrogen-bond donors (Lipinski definition) is 2. The molecule has 28 heavy (non-hydrogen) atoms. The molecule has 6 nitrogen and oxygen atoms in total. The van der Waals surface area contributed by atoms with Gasteiger partial charge in [0.2, 0.25) is 5.91 Å². The molecule has 1 amide bonds. The molecule has 0 aromatic heterocycles. The molecule has 2 N–H and O–H groups in total. The number of carbonyl (C=O) groups is 1. The van der Waals surface area contributed by atoms with Crippen molar-refractivity contribution in [1.29, 1.82) is 0 Å². The van der Waals surface area contributed by atoms with Gasteiger partial charge in [-0.2, -0.15) is 18.3 Å². The maximum Gasteiger partial charge on any atom is 0.416 e. The van der Waals surface area contributed by atoms with E-state index in [4.69, 9.17) is 11.6 Å². The lowest BCUT2D eigenvalue weighted by Gasteiger charge is -2.39. The first kappa shape index (κ1) is 20.4. The molecular formula is C17H17ClF4N4O2. The Morgan fingerprint density at radius 1 is 1.36 bits per heavy atom. The molecule has 2 aliphatic heterocycles. The van der Waals surface area contributed by atoms with Crippen molar-refractivity contribution in [1.82, 2.24) is 15.2 Å². The van der Waals surface area contributed by atoms with Crippen LogP contribution >= 0.6 is 11.6 Å². The molecule has 11 heteroatoms. The maximum absolute atomic E-state index is 13.3. The predicted molar refractivity (Wildman–Crippen MR) is 93.5 cm³/mol. The fraction of sp³-hybridized carbons (Fsp3) is 0.412. The zero-order chi connectivity index (χ0) is 20.6. The molecule has 2 aliphatic rings. The van der Waals surface area contributed by atoms with E-state index in [1.165, 1.54) is 4.90 Å². The summed E-state index contributed by atoms with van der Waals surface area (Å²) in [6.45, 7) is 1.54. The summed E-state index contributed by atoms with van der Waals surface area (Å²) in [5.41, 5.74) is 1.92. The highest BCUT2D eigenvalue weighted by Gasteiger charge is 2.36. The largest absolute Gasteiger partial charge is 0.416 e. The molecule has 0 bridgehead atoms. The zero-order valence-electron chi connectivity index (χ0n) is 14.7. The van der Waals surface area contributed by atoms with Gasteiger partial charge < -0.3 is 14.9 Å². The molecule has 152 valence electrons. The number of alkyl halides is 3. The summed E-state index contributed by atoms with van der Waals surface area (Å²) in [5, 5.41) is 14.1. The fourth-order valence-corrected chi connectivity index (χ4v) is 3.39. The van der Waals surface area contributed by atoms with Gasteiger partial charge in [0, 0.05) is 19.6 Å². The highest BCUT2D eigenvalue weighted by atomic mass is 35.5. The van der Waals surface area contributed by atoms with Crippen LogP contribution in [-0.4, -0.2) is 52.4 Å². The SMILES string of the molecule is CC1=NNC(O)C(N2CCN(Cc3ccc(F)cc3C(F)(F)F)C(=O)C2)=C1Cl. The molecule has 1 unspecified atom stereocenters. The normalized spacial score (nSPS) is 21.0. The fourth-order valence-electron chi connectivity index (χ4n) is 3.12. The minimum atomic E-state index is -4.73. The first-order valence-electron chi connectivity index (χ1n) is 8.34.